The molecular weight excluding hydrogens is 466 g/mol. The topological polar surface area (TPSA) is 83.1 Å². The zero-order valence-electron chi connectivity index (χ0n) is 21.2. The van der Waals surface area contributed by atoms with E-state index in [2.05, 4.69) is 22.1 Å². The first kappa shape index (κ1) is 26.6. The lowest BCUT2D eigenvalue weighted by Crippen LogP contribution is -2.37. The van der Waals surface area contributed by atoms with Gasteiger partial charge in [-0.15, -0.1) is 6.58 Å². The van der Waals surface area contributed by atoms with Crippen LogP contribution in [0.5, 0.6) is 0 Å². The molecule has 3 aromatic rings. The number of ether oxygens (including phenoxy) is 2. The lowest BCUT2D eigenvalue weighted by molar-refractivity contribution is -0.252. The fraction of sp³-hybridized carbons (Fsp3) is 0.300. The number of aliphatic hydroxyl groups is 1. The number of anilines is 1. The summed E-state index contributed by atoms with van der Waals surface area (Å²) in [4.78, 5) is 14.6. The van der Waals surface area contributed by atoms with E-state index >= 15 is 0 Å². The number of carbonyl (C=O) groups excluding carboxylic acids is 1. The number of amides is 2. The number of nitrogens with zero attached hydrogens (tertiary/aromatic N) is 1. The molecule has 1 aliphatic rings. The number of hydrogen-bond acceptors (Lipinski definition) is 5. The summed E-state index contributed by atoms with van der Waals surface area (Å²) in [5, 5.41) is 15.2. The smallest absolute Gasteiger partial charge is 0.319 e. The van der Waals surface area contributed by atoms with E-state index in [0.29, 0.717) is 18.7 Å². The Kier molecular flexibility index (Phi) is 9.46. The number of benzene rings is 3. The minimum atomic E-state index is -0.590. The maximum absolute atomic E-state index is 12.5. The summed E-state index contributed by atoms with van der Waals surface area (Å²) in [5.74, 6) is 0. The van der Waals surface area contributed by atoms with Gasteiger partial charge in [-0.1, -0.05) is 72.8 Å². The van der Waals surface area contributed by atoms with Crippen molar-refractivity contribution < 1.29 is 19.4 Å². The third-order valence-corrected chi connectivity index (χ3v) is 6.28. The average Bonchev–Trinajstić information content (AvgIpc) is 2.92. The lowest BCUT2D eigenvalue weighted by Gasteiger charge is -2.37. The number of likely N-dealkylation sites (N-methyl/N-ethyl adjacent to an activating group) is 1. The Labute approximate surface area is 218 Å². The third kappa shape index (κ3) is 7.74. The van der Waals surface area contributed by atoms with Crippen molar-refractivity contribution in [3.8, 4) is 0 Å². The summed E-state index contributed by atoms with van der Waals surface area (Å²) in [5.41, 5.74) is 4.41. The first-order valence-corrected chi connectivity index (χ1v) is 12.5. The van der Waals surface area contributed by atoms with Gasteiger partial charge in [-0.25, -0.2) is 4.79 Å². The molecule has 3 N–H and O–H groups in total. The van der Waals surface area contributed by atoms with E-state index in [9.17, 15) is 9.90 Å². The maximum Gasteiger partial charge on any atom is 0.319 e. The normalized spacial score (nSPS) is 19.4. The molecule has 4 rings (SSSR count). The molecule has 37 heavy (non-hydrogen) atoms. The molecule has 3 atom stereocenters. The Bertz CT molecular complexity index is 1150. The summed E-state index contributed by atoms with van der Waals surface area (Å²) < 4.78 is 12.8. The number of aliphatic hydroxyl groups excluding tert-OH is 1. The van der Waals surface area contributed by atoms with Crippen molar-refractivity contribution in [2.75, 3.05) is 25.5 Å². The van der Waals surface area contributed by atoms with Crippen LogP contribution in [-0.4, -0.2) is 42.3 Å². The monoisotopic (exact) mass is 501 g/mol. The molecule has 7 nitrogen and oxygen atoms in total. The summed E-state index contributed by atoms with van der Waals surface area (Å²) >= 11 is 0. The lowest BCUT2D eigenvalue weighted by atomic mass is 9.99. The van der Waals surface area contributed by atoms with E-state index in [1.54, 1.807) is 0 Å². The zero-order chi connectivity index (χ0) is 26.0. The molecule has 2 amide bonds. The quantitative estimate of drug-likeness (QED) is 0.334. The molecule has 3 aromatic carbocycles. The predicted octanol–water partition coefficient (Wildman–Crippen LogP) is 5.16. The van der Waals surface area contributed by atoms with Gasteiger partial charge in [-0.2, -0.15) is 0 Å². The van der Waals surface area contributed by atoms with Crippen molar-refractivity contribution in [1.29, 1.82) is 0 Å². The summed E-state index contributed by atoms with van der Waals surface area (Å²) in [6, 6.07) is 24.9. The highest BCUT2D eigenvalue weighted by Gasteiger charge is 2.32. The molecule has 1 aliphatic heterocycles. The van der Waals surface area contributed by atoms with E-state index < -0.39 is 6.29 Å². The number of nitrogens with one attached hydrogen (secondary N) is 2. The van der Waals surface area contributed by atoms with E-state index in [0.717, 1.165) is 35.3 Å². The molecule has 1 heterocycles. The van der Waals surface area contributed by atoms with Crippen LogP contribution in [-0.2, 0) is 22.6 Å². The molecule has 0 saturated carbocycles. The highest BCUT2D eigenvalue weighted by atomic mass is 16.7. The Balaban J connectivity index is 1.46. The van der Waals surface area contributed by atoms with E-state index in [1.165, 1.54) is 0 Å². The summed E-state index contributed by atoms with van der Waals surface area (Å²) in [6.07, 6.45) is 1.76. The third-order valence-electron chi connectivity index (χ3n) is 6.28. The van der Waals surface area contributed by atoms with Crippen LogP contribution in [0.1, 0.15) is 41.1 Å². The predicted molar refractivity (Wildman–Crippen MR) is 145 cm³/mol. The van der Waals surface area contributed by atoms with Gasteiger partial charge in [-0.3, -0.25) is 0 Å². The van der Waals surface area contributed by atoms with Gasteiger partial charge < -0.3 is 30.1 Å². The first-order chi connectivity index (χ1) is 18.0. The van der Waals surface area contributed by atoms with Crippen LogP contribution < -0.4 is 10.6 Å². The highest BCUT2D eigenvalue weighted by molar-refractivity contribution is 5.89. The summed E-state index contributed by atoms with van der Waals surface area (Å²) in [6.45, 7) is 5.77. The second kappa shape index (κ2) is 13.2. The van der Waals surface area contributed by atoms with Crippen molar-refractivity contribution >= 4 is 11.7 Å². The SMILES string of the molecule is C=CCN(C)CC1CC(c2ccc(CO)cc2)OC(c2cccc(NC(=O)NCc3ccccc3)c2)O1. The maximum atomic E-state index is 12.5. The van der Waals surface area contributed by atoms with Crippen LogP contribution in [0.15, 0.2) is 91.5 Å². The van der Waals surface area contributed by atoms with Gasteiger partial charge in [0, 0.05) is 37.3 Å². The van der Waals surface area contributed by atoms with Gasteiger partial charge in [0.2, 0.25) is 0 Å². The molecule has 194 valence electrons. The van der Waals surface area contributed by atoms with Crippen LogP contribution in [0.3, 0.4) is 0 Å². The summed E-state index contributed by atoms with van der Waals surface area (Å²) in [7, 11) is 2.04. The molecule has 7 heteroatoms. The van der Waals surface area contributed by atoms with Crippen molar-refractivity contribution in [2.45, 2.75) is 38.1 Å². The van der Waals surface area contributed by atoms with Gasteiger partial charge in [0.15, 0.2) is 6.29 Å². The Morgan fingerprint density at radius 2 is 1.81 bits per heavy atom. The molecular formula is C30H35N3O4. The van der Waals surface area contributed by atoms with Crippen molar-refractivity contribution in [3.05, 3.63) is 114 Å². The Hall–Kier alpha value is -3.49. The van der Waals surface area contributed by atoms with Crippen LogP contribution in [0.4, 0.5) is 10.5 Å². The average molecular weight is 502 g/mol. The minimum absolute atomic E-state index is 0.00519. The molecule has 0 spiro atoms. The second-order valence-electron chi connectivity index (χ2n) is 9.28. The molecule has 3 unspecified atom stereocenters. The second-order valence-corrected chi connectivity index (χ2v) is 9.28. The minimum Gasteiger partial charge on any atom is -0.392 e. The van der Waals surface area contributed by atoms with E-state index in [1.807, 2.05) is 92.0 Å². The van der Waals surface area contributed by atoms with Gasteiger partial charge >= 0.3 is 6.03 Å². The van der Waals surface area contributed by atoms with Crippen molar-refractivity contribution in [1.82, 2.24) is 10.2 Å². The van der Waals surface area contributed by atoms with Gasteiger partial charge in [-0.05, 0) is 35.9 Å². The number of urea groups is 1. The first-order valence-electron chi connectivity index (χ1n) is 12.5. The number of carbonyl (C=O) groups is 1. The van der Waals surface area contributed by atoms with E-state index in [4.69, 9.17) is 9.47 Å². The molecule has 0 radical (unpaired) electrons. The Morgan fingerprint density at radius 1 is 1.03 bits per heavy atom. The fourth-order valence-corrected chi connectivity index (χ4v) is 4.39. The molecule has 1 saturated heterocycles. The standard InChI is InChI=1S/C30H35N3O4/c1-3-16-33(2)20-27-18-28(24-14-12-23(21-34)13-15-24)37-29(36-27)25-10-7-11-26(17-25)32-30(35)31-19-22-8-5-4-6-9-22/h3-15,17,27-29,34H,1,16,18-21H2,2H3,(H2,31,32,35). The van der Waals surface area contributed by atoms with Crippen LogP contribution in [0, 0.1) is 0 Å². The van der Waals surface area contributed by atoms with E-state index in [-0.39, 0.29) is 24.8 Å². The van der Waals surface area contributed by atoms with Crippen LogP contribution in [0.2, 0.25) is 0 Å². The Morgan fingerprint density at radius 3 is 2.54 bits per heavy atom. The van der Waals surface area contributed by atoms with Crippen LogP contribution >= 0.6 is 0 Å². The van der Waals surface area contributed by atoms with Gasteiger partial charge in [0.05, 0.1) is 18.8 Å². The molecule has 0 aliphatic carbocycles. The van der Waals surface area contributed by atoms with Crippen molar-refractivity contribution in [2.24, 2.45) is 0 Å². The number of hydrogen-bond donors (Lipinski definition) is 3. The van der Waals surface area contributed by atoms with Crippen LogP contribution in [0.25, 0.3) is 0 Å². The highest BCUT2D eigenvalue weighted by Crippen LogP contribution is 2.38. The largest absolute Gasteiger partial charge is 0.392 e. The molecule has 0 bridgehead atoms. The molecule has 0 aromatic heterocycles. The fourth-order valence-electron chi connectivity index (χ4n) is 4.39. The van der Waals surface area contributed by atoms with Gasteiger partial charge in [0.25, 0.3) is 0 Å². The number of rotatable bonds is 10. The van der Waals surface area contributed by atoms with Gasteiger partial charge in [0.1, 0.15) is 0 Å². The molecule has 1 fully saturated rings. The zero-order valence-corrected chi connectivity index (χ0v) is 21.2. The van der Waals surface area contributed by atoms with Crippen molar-refractivity contribution in [3.63, 3.8) is 0 Å².